The summed E-state index contributed by atoms with van der Waals surface area (Å²) in [4.78, 5) is 20.5. The molecule has 0 N–H and O–H groups in total. The van der Waals surface area contributed by atoms with Crippen molar-refractivity contribution in [1.29, 1.82) is 0 Å². The second-order valence-electron chi connectivity index (χ2n) is 5.36. The Morgan fingerprint density at radius 3 is 3.00 bits per heavy atom. The van der Waals surface area contributed by atoms with Crippen molar-refractivity contribution in [3.63, 3.8) is 0 Å². The molecule has 0 radical (unpaired) electrons. The zero-order chi connectivity index (χ0) is 16.9. The van der Waals surface area contributed by atoms with Crippen molar-refractivity contribution in [1.82, 2.24) is 19.7 Å². The van der Waals surface area contributed by atoms with Crippen molar-refractivity contribution in [2.24, 2.45) is 0 Å². The van der Waals surface area contributed by atoms with Crippen LogP contribution in [-0.2, 0) is 9.47 Å². The molecular weight excluding hydrogens is 312 g/mol. The average molecular weight is 332 g/mol. The van der Waals surface area contributed by atoms with Crippen molar-refractivity contribution in [3.05, 3.63) is 24.3 Å². The van der Waals surface area contributed by atoms with Gasteiger partial charge in [0.15, 0.2) is 5.69 Å². The van der Waals surface area contributed by atoms with Crippen LogP contribution in [0.15, 0.2) is 18.6 Å². The molecule has 0 bridgehead atoms. The number of aromatic nitrogens is 4. The number of methoxy groups -OCH3 is 1. The predicted molar refractivity (Wildman–Crippen MR) is 84.6 cm³/mol. The number of hydrogen-bond donors (Lipinski definition) is 0. The Bertz CT molecular complexity index is 710. The quantitative estimate of drug-likeness (QED) is 0.776. The van der Waals surface area contributed by atoms with Gasteiger partial charge in [-0.25, -0.2) is 19.4 Å². The van der Waals surface area contributed by atoms with Crippen LogP contribution in [0.1, 0.15) is 42.9 Å². The minimum atomic E-state index is -0.486. The molecule has 1 aliphatic rings. The minimum Gasteiger partial charge on any atom is -0.481 e. The summed E-state index contributed by atoms with van der Waals surface area (Å²) in [6.45, 7) is 2.72. The molecule has 1 atom stereocenters. The molecule has 2 aromatic heterocycles. The molecule has 128 valence electrons. The van der Waals surface area contributed by atoms with Gasteiger partial charge >= 0.3 is 5.97 Å². The van der Waals surface area contributed by atoms with Crippen molar-refractivity contribution in [2.75, 3.05) is 20.3 Å². The lowest BCUT2D eigenvalue weighted by Crippen LogP contribution is -2.19. The van der Waals surface area contributed by atoms with E-state index in [4.69, 9.17) is 14.2 Å². The third-order valence-electron chi connectivity index (χ3n) is 3.78. The normalized spacial score (nSPS) is 17.5. The molecule has 3 rings (SSSR count). The first kappa shape index (κ1) is 16.4. The summed E-state index contributed by atoms with van der Waals surface area (Å²) in [5, 5.41) is 4.40. The van der Waals surface area contributed by atoms with Crippen molar-refractivity contribution in [2.45, 2.75) is 32.4 Å². The lowest BCUT2D eigenvalue weighted by atomic mass is 10.1. The Labute approximate surface area is 139 Å². The van der Waals surface area contributed by atoms with Gasteiger partial charge in [0, 0.05) is 18.9 Å². The Hall–Kier alpha value is -2.48. The van der Waals surface area contributed by atoms with E-state index in [1.165, 1.54) is 13.4 Å². The summed E-state index contributed by atoms with van der Waals surface area (Å²) >= 11 is 0. The molecule has 1 fully saturated rings. The molecule has 8 heteroatoms. The third kappa shape index (κ3) is 3.38. The molecular formula is C16H20N4O4. The van der Waals surface area contributed by atoms with Crippen LogP contribution in [-0.4, -0.2) is 46.0 Å². The Balaban J connectivity index is 2.01. The first-order valence-corrected chi connectivity index (χ1v) is 7.97. The van der Waals surface area contributed by atoms with Gasteiger partial charge < -0.3 is 14.2 Å². The van der Waals surface area contributed by atoms with Gasteiger partial charge in [0.05, 0.1) is 25.0 Å². The monoisotopic (exact) mass is 332 g/mol. The number of rotatable bonds is 5. The highest BCUT2D eigenvalue weighted by molar-refractivity contribution is 5.94. The highest BCUT2D eigenvalue weighted by atomic mass is 16.5. The Morgan fingerprint density at radius 1 is 1.42 bits per heavy atom. The van der Waals surface area contributed by atoms with Gasteiger partial charge in [0.2, 0.25) is 5.88 Å². The molecule has 2 aromatic rings. The van der Waals surface area contributed by atoms with Crippen LogP contribution in [0.2, 0.25) is 0 Å². The standard InChI is InChI=1S/C16H20N4O4/c1-3-23-16(21)15-11(12-8-13(22-2)18-10-17-12)9-20(19-15)14-6-4-5-7-24-14/h8-10,14H,3-7H2,1-2H3. The van der Waals surface area contributed by atoms with E-state index in [1.54, 1.807) is 23.9 Å². The molecule has 0 amide bonds. The molecule has 1 saturated heterocycles. The van der Waals surface area contributed by atoms with Gasteiger partial charge in [-0.2, -0.15) is 5.10 Å². The lowest BCUT2D eigenvalue weighted by molar-refractivity contribution is -0.0396. The fraction of sp³-hybridized carbons (Fsp3) is 0.500. The minimum absolute atomic E-state index is 0.176. The van der Waals surface area contributed by atoms with Gasteiger partial charge in [0.1, 0.15) is 12.6 Å². The molecule has 0 aromatic carbocycles. The molecule has 8 nitrogen and oxygen atoms in total. The molecule has 0 saturated carbocycles. The van der Waals surface area contributed by atoms with E-state index in [1.807, 2.05) is 0 Å². The second-order valence-corrected chi connectivity index (χ2v) is 5.36. The van der Waals surface area contributed by atoms with E-state index in [-0.39, 0.29) is 18.5 Å². The van der Waals surface area contributed by atoms with Crippen LogP contribution in [0.4, 0.5) is 0 Å². The largest absolute Gasteiger partial charge is 0.481 e. The molecule has 1 aliphatic heterocycles. The number of carbonyl (C=O) groups is 1. The maximum absolute atomic E-state index is 12.3. The maximum atomic E-state index is 12.3. The van der Waals surface area contributed by atoms with E-state index in [2.05, 4.69) is 15.1 Å². The Morgan fingerprint density at radius 2 is 2.29 bits per heavy atom. The van der Waals surface area contributed by atoms with Crippen LogP contribution in [0.25, 0.3) is 11.3 Å². The topological polar surface area (TPSA) is 88.4 Å². The molecule has 0 spiro atoms. The molecule has 3 heterocycles. The third-order valence-corrected chi connectivity index (χ3v) is 3.78. The molecule has 0 aliphatic carbocycles. The summed E-state index contributed by atoms with van der Waals surface area (Å²) in [5.41, 5.74) is 1.34. The number of nitrogens with zero attached hydrogens (tertiary/aromatic N) is 4. The van der Waals surface area contributed by atoms with E-state index >= 15 is 0 Å². The van der Waals surface area contributed by atoms with E-state index in [0.717, 1.165) is 19.3 Å². The zero-order valence-electron chi connectivity index (χ0n) is 13.8. The first-order chi connectivity index (χ1) is 11.7. The zero-order valence-corrected chi connectivity index (χ0v) is 13.8. The highest BCUT2D eigenvalue weighted by Gasteiger charge is 2.25. The van der Waals surface area contributed by atoms with Crippen molar-refractivity contribution in [3.8, 4) is 17.1 Å². The van der Waals surface area contributed by atoms with Crippen molar-refractivity contribution < 1.29 is 19.0 Å². The van der Waals surface area contributed by atoms with Crippen LogP contribution >= 0.6 is 0 Å². The van der Waals surface area contributed by atoms with E-state index < -0.39 is 5.97 Å². The molecule has 24 heavy (non-hydrogen) atoms. The summed E-state index contributed by atoms with van der Waals surface area (Å²) < 4.78 is 17.7. The van der Waals surface area contributed by atoms with Crippen LogP contribution in [0.3, 0.4) is 0 Å². The first-order valence-electron chi connectivity index (χ1n) is 7.97. The van der Waals surface area contributed by atoms with Gasteiger partial charge in [-0.15, -0.1) is 0 Å². The number of carbonyl (C=O) groups excluding carboxylic acids is 1. The summed E-state index contributed by atoms with van der Waals surface area (Å²) in [5.74, 6) is -0.0730. The van der Waals surface area contributed by atoms with Crippen LogP contribution in [0, 0.1) is 0 Å². The number of esters is 1. The fourth-order valence-corrected chi connectivity index (χ4v) is 2.61. The lowest BCUT2D eigenvalue weighted by Gasteiger charge is -2.22. The van der Waals surface area contributed by atoms with Crippen LogP contribution < -0.4 is 4.74 Å². The SMILES string of the molecule is CCOC(=O)c1nn(C2CCCCO2)cc1-c1cc(OC)ncn1. The van der Waals surface area contributed by atoms with Crippen molar-refractivity contribution >= 4 is 5.97 Å². The fourth-order valence-electron chi connectivity index (χ4n) is 2.61. The molecule has 1 unspecified atom stereocenters. The second kappa shape index (κ2) is 7.39. The van der Waals surface area contributed by atoms with Crippen LogP contribution in [0.5, 0.6) is 5.88 Å². The van der Waals surface area contributed by atoms with E-state index in [0.29, 0.717) is 23.7 Å². The smallest absolute Gasteiger partial charge is 0.359 e. The van der Waals surface area contributed by atoms with Gasteiger partial charge in [-0.3, -0.25) is 0 Å². The van der Waals surface area contributed by atoms with Gasteiger partial charge in [-0.05, 0) is 26.2 Å². The predicted octanol–water partition coefficient (Wildman–Crippen LogP) is 2.22. The highest BCUT2D eigenvalue weighted by Crippen LogP contribution is 2.28. The summed E-state index contributed by atoms with van der Waals surface area (Å²) in [7, 11) is 1.53. The average Bonchev–Trinajstić information content (AvgIpc) is 3.08. The Kier molecular flexibility index (Phi) is 5.05. The maximum Gasteiger partial charge on any atom is 0.359 e. The summed E-state index contributed by atoms with van der Waals surface area (Å²) in [6, 6.07) is 1.66. The van der Waals surface area contributed by atoms with Gasteiger partial charge in [-0.1, -0.05) is 0 Å². The number of hydrogen-bond acceptors (Lipinski definition) is 7. The number of ether oxygens (including phenoxy) is 3. The van der Waals surface area contributed by atoms with Gasteiger partial charge in [0.25, 0.3) is 0 Å². The summed E-state index contributed by atoms with van der Waals surface area (Å²) in [6.07, 6.45) is 5.94. The van der Waals surface area contributed by atoms with E-state index in [9.17, 15) is 4.79 Å².